The zero-order valence-electron chi connectivity index (χ0n) is 11.6. The van der Waals surface area contributed by atoms with Crippen molar-refractivity contribution in [2.75, 3.05) is 26.0 Å². The molecule has 0 spiro atoms. The Bertz CT molecular complexity index is 582. The fourth-order valence-corrected chi connectivity index (χ4v) is 2.30. The monoisotopic (exact) mass is 301 g/mol. The summed E-state index contributed by atoms with van der Waals surface area (Å²) in [4.78, 5) is 11.9. The van der Waals surface area contributed by atoms with Crippen molar-refractivity contribution in [1.29, 1.82) is 0 Å². The number of ether oxygens (including phenoxy) is 1. The van der Waals surface area contributed by atoms with Gasteiger partial charge in [-0.2, -0.15) is 0 Å². The molecule has 0 heterocycles. The average molecular weight is 301 g/mol. The summed E-state index contributed by atoms with van der Waals surface area (Å²) in [5.41, 5.74) is 6.55. The van der Waals surface area contributed by atoms with E-state index in [-0.39, 0.29) is 11.4 Å². The van der Waals surface area contributed by atoms with Crippen LogP contribution in [0.3, 0.4) is 0 Å². The van der Waals surface area contributed by atoms with Gasteiger partial charge in [0, 0.05) is 19.3 Å². The standard InChI is InChI=1S/C12H19N3O4S/c1-8-4-5-9(20(17,18)14-2)6-10(8)15-12(16)11(7-13)19-3/h4-6,11,14H,7,13H2,1-3H3,(H,15,16). The van der Waals surface area contributed by atoms with E-state index in [1.807, 2.05) is 0 Å². The molecule has 0 aliphatic carbocycles. The first-order valence-electron chi connectivity index (χ1n) is 5.93. The van der Waals surface area contributed by atoms with E-state index < -0.39 is 22.0 Å². The van der Waals surface area contributed by atoms with E-state index >= 15 is 0 Å². The molecule has 0 aromatic heterocycles. The van der Waals surface area contributed by atoms with E-state index in [0.29, 0.717) is 5.69 Å². The first-order valence-corrected chi connectivity index (χ1v) is 7.42. The van der Waals surface area contributed by atoms with Gasteiger partial charge in [-0.3, -0.25) is 4.79 Å². The van der Waals surface area contributed by atoms with Crippen LogP contribution in [0.1, 0.15) is 5.56 Å². The highest BCUT2D eigenvalue weighted by molar-refractivity contribution is 7.89. The zero-order chi connectivity index (χ0) is 15.3. The quantitative estimate of drug-likeness (QED) is 0.675. The van der Waals surface area contributed by atoms with Gasteiger partial charge < -0.3 is 15.8 Å². The molecule has 0 radical (unpaired) electrons. The predicted molar refractivity (Wildman–Crippen MR) is 75.9 cm³/mol. The first kappa shape index (κ1) is 16.6. The Morgan fingerprint density at radius 3 is 2.60 bits per heavy atom. The molecule has 20 heavy (non-hydrogen) atoms. The molecule has 0 aliphatic rings. The number of methoxy groups -OCH3 is 1. The molecule has 1 amide bonds. The lowest BCUT2D eigenvalue weighted by Gasteiger charge is -2.15. The number of carbonyl (C=O) groups excluding carboxylic acids is 1. The molecular weight excluding hydrogens is 282 g/mol. The third-order valence-electron chi connectivity index (χ3n) is 2.84. The molecule has 4 N–H and O–H groups in total. The van der Waals surface area contributed by atoms with Gasteiger partial charge in [0.2, 0.25) is 10.0 Å². The minimum Gasteiger partial charge on any atom is -0.370 e. The Hall–Kier alpha value is -1.48. The van der Waals surface area contributed by atoms with E-state index in [0.717, 1.165) is 5.56 Å². The van der Waals surface area contributed by atoms with Crippen molar-refractivity contribution in [3.05, 3.63) is 23.8 Å². The summed E-state index contributed by atoms with van der Waals surface area (Å²) in [6.07, 6.45) is -0.779. The maximum Gasteiger partial charge on any atom is 0.254 e. The summed E-state index contributed by atoms with van der Waals surface area (Å²) in [5, 5.41) is 2.61. The summed E-state index contributed by atoms with van der Waals surface area (Å²) < 4.78 is 30.6. The minimum absolute atomic E-state index is 0.0376. The molecule has 1 aromatic carbocycles. The number of aryl methyl sites for hydroxylation is 1. The van der Waals surface area contributed by atoms with E-state index in [2.05, 4.69) is 10.0 Å². The van der Waals surface area contributed by atoms with Crippen LogP contribution in [0, 0.1) is 6.92 Å². The maximum atomic E-state index is 11.9. The van der Waals surface area contributed by atoms with E-state index in [4.69, 9.17) is 10.5 Å². The Balaban J connectivity index is 3.07. The van der Waals surface area contributed by atoms with Gasteiger partial charge in [-0.1, -0.05) is 6.07 Å². The highest BCUT2D eigenvalue weighted by Crippen LogP contribution is 2.20. The van der Waals surface area contributed by atoms with Crippen LogP contribution < -0.4 is 15.8 Å². The third kappa shape index (κ3) is 3.76. The van der Waals surface area contributed by atoms with Crippen molar-refractivity contribution in [1.82, 2.24) is 4.72 Å². The van der Waals surface area contributed by atoms with Crippen LogP contribution in [0.4, 0.5) is 5.69 Å². The van der Waals surface area contributed by atoms with Crippen LogP contribution in [0.2, 0.25) is 0 Å². The molecular formula is C12H19N3O4S. The third-order valence-corrected chi connectivity index (χ3v) is 4.25. The summed E-state index contributed by atoms with van der Waals surface area (Å²) in [7, 11) is -0.859. The molecule has 0 fully saturated rings. The van der Waals surface area contributed by atoms with Gasteiger partial charge in [-0.05, 0) is 31.7 Å². The van der Waals surface area contributed by atoms with E-state index in [1.165, 1.54) is 26.3 Å². The maximum absolute atomic E-state index is 11.9. The van der Waals surface area contributed by atoms with Gasteiger partial charge in [-0.15, -0.1) is 0 Å². The smallest absolute Gasteiger partial charge is 0.254 e. The SMILES string of the molecule is CNS(=O)(=O)c1ccc(C)c(NC(=O)C(CN)OC)c1. The Morgan fingerprint density at radius 2 is 2.10 bits per heavy atom. The lowest BCUT2D eigenvalue weighted by Crippen LogP contribution is -2.36. The van der Waals surface area contributed by atoms with Crippen molar-refractivity contribution in [2.24, 2.45) is 5.73 Å². The van der Waals surface area contributed by atoms with Crippen LogP contribution in [-0.4, -0.2) is 41.1 Å². The molecule has 7 nitrogen and oxygen atoms in total. The van der Waals surface area contributed by atoms with Crippen molar-refractivity contribution in [2.45, 2.75) is 17.9 Å². The number of nitrogens with two attached hydrogens (primary N) is 1. The molecule has 0 saturated heterocycles. The number of nitrogens with one attached hydrogen (secondary N) is 2. The second-order valence-electron chi connectivity index (χ2n) is 4.13. The second-order valence-corrected chi connectivity index (χ2v) is 6.02. The molecule has 1 aromatic rings. The summed E-state index contributed by atoms with van der Waals surface area (Å²) in [5.74, 6) is -0.419. The molecule has 0 saturated carbocycles. The van der Waals surface area contributed by atoms with Crippen LogP contribution in [0.5, 0.6) is 0 Å². The van der Waals surface area contributed by atoms with E-state index in [1.54, 1.807) is 13.0 Å². The number of amides is 1. The Labute approximate surface area is 118 Å². The van der Waals surface area contributed by atoms with Gasteiger partial charge in [0.1, 0.15) is 6.10 Å². The number of benzene rings is 1. The van der Waals surface area contributed by atoms with Gasteiger partial charge in [-0.25, -0.2) is 13.1 Å². The highest BCUT2D eigenvalue weighted by Gasteiger charge is 2.18. The summed E-state index contributed by atoms with van der Waals surface area (Å²) in [6, 6.07) is 4.47. The molecule has 112 valence electrons. The summed E-state index contributed by atoms with van der Waals surface area (Å²) in [6.45, 7) is 1.80. The number of carbonyl (C=O) groups is 1. The minimum atomic E-state index is -3.56. The normalized spacial score (nSPS) is 13.0. The molecule has 0 bridgehead atoms. The average Bonchev–Trinajstić information content (AvgIpc) is 2.42. The van der Waals surface area contributed by atoms with Crippen molar-refractivity contribution in [3.63, 3.8) is 0 Å². The zero-order valence-corrected chi connectivity index (χ0v) is 12.5. The number of sulfonamides is 1. The largest absolute Gasteiger partial charge is 0.370 e. The van der Waals surface area contributed by atoms with Crippen LogP contribution >= 0.6 is 0 Å². The fraction of sp³-hybridized carbons (Fsp3) is 0.417. The second kappa shape index (κ2) is 6.80. The Kier molecular flexibility index (Phi) is 5.63. The van der Waals surface area contributed by atoms with Crippen LogP contribution in [-0.2, 0) is 19.6 Å². The van der Waals surface area contributed by atoms with E-state index in [9.17, 15) is 13.2 Å². The number of anilines is 1. The molecule has 1 unspecified atom stereocenters. The topological polar surface area (TPSA) is 111 Å². The molecule has 1 atom stereocenters. The Morgan fingerprint density at radius 1 is 1.45 bits per heavy atom. The highest BCUT2D eigenvalue weighted by atomic mass is 32.2. The fourth-order valence-electron chi connectivity index (χ4n) is 1.54. The molecule has 0 aliphatic heterocycles. The van der Waals surface area contributed by atoms with Gasteiger partial charge in [0.05, 0.1) is 4.90 Å². The number of rotatable bonds is 6. The lowest BCUT2D eigenvalue weighted by atomic mass is 10.2. The van der Waals surface area contributed by atoms with Crippen molar-refractivity contribution < 1.29 is 17.9 Å². The molecule has 1 rings (SSSR count). The van der Waals surface area contributed by atoms with Crippen LogP contribution in [0.25, 0.3) is 0 Å². The number of hydrogen-bond acceptors (Lipinski definition) is 5. The van der Waals surface area contributed by atoms with Crippen molar-refractivity contribution >= 4 is 21.6 Å². The first-order chi connectivity index (χ1) is 9.35. The number of hydrogen-bond donors (Lipinski definition) is 3. The van der Waals surface area contributed by atoms with Gasteiger partial charge in [0.15, 0.2) is 0 Å². The summed E-state index contributed by atoms with van der Waals surface area (Å²) >= 11 is 0. The molecule has 8 heteroatoms. The predicted octanol–water partition coefficient (Wildman–Crippen LogP) is -0.185. The van der Waals surface area contributed by atoms with Crippen molar-refractivity contribution in [3.8, 4) is 0 Å². The van der Waals surface area contributed by atoms with Crippen LogP contribution in [0.15, 0.2) is 23.1 Å². The van der Waals surface area contributed by atoms with Gasteiger partial charge in [0.25, 0.3) is 5.91 Å². The van der Waals surface area contributed by atoms with Gasteiger partial charge >= 0.3 is 0 Å². The lowest BCUT2D eigenvalue weighted by molar-refractivity contribution is -0.125.